The van der Waals surface area contributed by atoms with E-state index < -0.39 is 0 Å². The number of piperazine rings is 1. The monoisotopic (exact) mass is 468 g/mol. The van der Waals surface area contributed by atoms with Crippen molar-refractivity contribution < 1.29 is 9.32 Å². The van der Waals surface area contributed by atoms with Crippen molar-refractivity contribution in [2.45, 2.75) is 19.8 Å². The highest BCUT2D eigenvalue weighted by molar-refractivity contribution is 6.01. The van der Waals surface area contributed by atoms with E-state index in [2.05, 4.69) is 26.0 Å². The smallest absolute Gasteiger partial charge is 0.254 e. The molecule has 35 heavy (non-hydrogen) atoms. The maximum absolute atomic E-state index is 13.4. The molecule has 2 aromatic heterocycles. The Morgan fingerprint density at radius 2 is 1.51 bits per heavy atom. The summed E-state index contributed by atoms with van der Waals surface area (Å²) in [5.41, 5.74) is 2.35. The van der Waals surface area contributed by atoms with Gasteiger partial charge in [0.2, 0.25) is 0 Å². The van der Waals surface area contributed by atoms with Gasteiger partial charge in [0.15, 0.2) is 5.76 Å². The molecular weight excluding hydrogens is 440 g/mol. The van der Waals surface area contributed by atoms with E-state index in [0.717, 1.165) is 60.1 Å². The van der Waals surface area contributed by atoms with Crippen LogP contribution in [0.25, 0.3) is 22.2 Å². The standard InChI is InChI=1S/C27H28N6O2/c1-19-28-24(31-11-5-6-12-31)18-25(29-19)32-13-15-33(16-14-32)27(34)21-9-10-23-22(17-21)26(35-30-23)20-7-3-2-4-8-20/h2-4,7-10,17-18H,5-6,11-16H2,1H3. The Hall–Kier alpha value is -3.94. The van der Waals surface area contributed by atoms with E-state index in [0.29, 0.717) is 24.4 Å². The molecule has 2 aliphatic heterocycles. The lowest BCUT2D eigenvalue weighted by Crippen LogP contribution is -2.49. The number of aryl methyl sites for hydroxylation is 1. The second kappa shape index (κ2) is 9.02. The van der Waals surface area contributed by atoms with Crippen LogP contribution in [-0.4, -0.2) is 65.2 Å². The number of carbonyl (C=O) groups is 1. The molecule has 8 heteroatoms. The molecule has 1 amide bonds. The minimum atomic E-state index is 0.0309. The Balaban J connectivity index is 1.18. The number of benzene rings is 2. The first-order chi connectivity index (χ1) is 17.2. The van der Waals surface area contributed by atoms with E-state index in [-0.39, 0.29) is 5.91 Å². The van der Waals surface area contributed by atoms with E-state index in [1.807, 2.05) is 60.4 Å². The van der Waals surface area contributed by atoms with Crippen molar-refractivity contribution in [3.63, 3.8) is 0 Å². The highest BCUT2D eigenvalue weighted by Gasteiger charge is 2.25. The summed E-state index contributed by atoms with van der Waals surface area (Å²) in [7, 11) is 0. The molecule has 2 aliphatic rings. The molecule has 4 heterocycles. The highest BCUT2D eigenvalue weighted by Crippen LogP contribution is 2.30. The second-order valence-electron chi connectivity index (χ2n) is 9.21. The zero-order valence-corrected chi connectivity index (χ0v) is 19.9. The number of aromatic nitrogens is 3. The number of fused-ring (bicyclic) bond motifs is 1. The third-order valence-electron chi connectivity index (χ3n) is 6.89. The fourth-order valence-electron chi connectivity index (χ4n) is 5.00. The SMILES string of the molecule is Cc1nc(N2CCCC2)cc(N2CCN(C(=O)c3ccc4noc(-c5ccccc5)c4c3)CC2)n1. The number of carbonyl (C=O) groups excluding carboxylic acids is 1. The van der Waals surface area contributed by atoms with Gasteiger partial charge < -0.3 is 19.2 Å². The minimum absolute atomic E-state index is 0.0309. The van der Waals surface area contributed by atoms with Gasteiger partial charge in [-0.15, -0.1) is 0 Å². The average molecular weight is 469 g/mol. The van der Waals surface area contributed by atoms with Gasteiger partial charge >= 0.3 is 0 Å². The summed E-state index contributed by atoms with van der Waals surface area (Å²) in [6.45, 7) is 6.84. The summed E-state index contributed by atoms with van der Waals surface area (Å²) in [4.78, 5) is 29.2. The molecule has 0 radical (unpaired) electrons. The van der Waals surface area contributed by atoms with Crippen molar-refractivity contribution in [3.05, 3.63) is 66.0 Å². The first-order valence-electron chi connectivity index (χ1n) is 12.3. The average Bonchev–Trinajstić information content (AvgIpc) is 3.59. The van der Waals surface area contributed by atoms with Crippen molar-refractivity contribution in [1.82, 2.24) is 20.0 Å². The third kappa shape index (κ3) is 4.20. The van der Waals surface area contributed by atoms with Crippen molar-refractivity contribution in [2.75, 3.05) is 49.1 Å². The van der Waals surface area contributed by atoms with Gasteiger partial charge in [-0.1, -0.05) is 35.5 Å². The Morgan fingerprint density at radius 1 is 0.829 bits per heavy atom. The van der Waals surface area contributed by atoms with E-state index in [1.54, 1.807) is 0 Å². The predicted molar refractivity (Wildman–Crippen MR) is 136 cm³/mol. The molecule has 8 nitrogen and oxygen atoms in total. The fourth-order valence-corrected chi connectivity index (χ4v) is 5.00. The summed E-state index contributed by atoms with van der Waals surface area (Å²) in [6, 6.07) is 17.6. The molecule has 2 saturated heterocycles. The summed E-state index contributed by atoms with van der Waals surface area (Å²) in [6.07, 6.45) is 2.43. The van der Waals surface area contributed by atoms with Crippen LogP contribution >= 0.6 is 0 Å². The molecule has 0 aliphatic carbocycles. The van der Waals surface area contributed by atoms with Crippen molar-refractivity contribution in [2.24, 2.45) is 0 Å². The Bertz CT molecular complexity index is 1350. The summed E-state index contributed by atoms with van der Waals surface area (Å²) < 4.78 is 5.60. The summed E-state index contributed by atoms with van der Waals surface area (Å²) in [5.74, 6) is 3.47. The zero-order valence-electron chi connectivity index (χ0n) is 19.9. The molecule has 0 saturated carbocycles. The molecule has 178 valence electrons. The normalized spacial score (nSPS) is 16.3. The van der Waals surface area contributed by atoms with Crippen LogP contribution in [0.15, 0.2) is 59.1 Å². The van der Waals surface area contributed by atoms with Crippen LogP contribution in [0.5, 0.6) is 0 Å². The number of hydrogen-bond acceptors (Lipinski definition) is 7. The van der Waals surface area contributed by atoms with Gasteiger partial charge in [0.1, 0.15) is 23.0 Å². The number of amides is 1. The number of anilines is 2. The second-order valence-corrected chi connectivity index (χ2v) is 9.21. The Labute approximate surface area is 204 Å². The van der Waals surface area contributed by atoms with Gasteiger partial charge in [-0.05, 0) is 38.0 Å². The zero-order chi connectivity index (χ0) is 23.8. The van der Waals surface area contributed by atoms with Crippen molar-refractivity contribution in [3.8, 4) is 11.3 Å². The molecule has 4 aromatic rings. The van der Waals surface area contributed by atoms with E-state index in [4.69, 9.17) is 9.51 Å². The van der Waals surface area contributed by atoms with E-state index in [9.17, 15) is 4.79 Å². The largest absolute Gasteiger partial charge is 0.356 e. The minimum Gasteiger partial charge on any atom is -0.356 e. The van der Waals surface area contributed by atoms with Crippen LogP contribution in [0.4, 0.5) is 11.6 Å². The maximum Gasteiger partial charge on any atom is 0.254 e. The first kappa shape index (κ1) is 21.6. The number of hydrogen-bond donors (Lipinski definition) is 0. The first-order valence-corrected chi connectivity index (χ1v) is 12.3. The van der Waals surface area contributed by atoms with Crippen LogP contribution in [0.3, 0.4) is 0 Å². The lowest BCUT2D eigenvalue weighted by molar-refractivity contribution is 0.0746. The van der Waals surface area contributed by atoms with Gasteiger partial charge in [-0.3, -0.25) is 4.79 Å². The van der Waals surface area contributed by atoms with Gasteiger partial charge in [0.25, 0.3) is 5.91 Å². The molecule has 0 bridgehead atoms. The van der Waals surface area contributed by atoms with Crippen LogP contribution in [0.2, 0.25) is 0 Å². The molecule has 0 unspecified atom stereocenters. The summed E-state index contributed by atoms with van der Waals surface area (Å²) >= 11 is 0. The van der Waals surface area contributed by atoms with Crippen molar-refractivity contribution in [1.29, 1.82) is 0 Å². The van der Waals surface area contributed by atoms with Gasteiger partial charge in [0, 0.05) is 56.5 Å². The van der Waals surface area contributed by atoms with Crippen LogP contribution < -0.4 is 9.80 Å². The van der Waals surface area contributed by atoms with Gasteiger partial charge in [-0.25, -0.2) is 9.97 Å². The number of rotatable bonds is 4. The van der Waals surface area contributed by atoms with Gasteiger partial charge in [-0.2, -0.15) is 0 Å². The van der Waals surface area contributed by atoms with E-state index in [1.165, 1.54) is 12.8 Å². The fraction of sp³-hybridized carbons (Fsp3) is 0.333. The van der Waals surface area contributed by atoms with Gasteiger partial charge in [0.05, 0.1) is 5.39 Å². The lowest BCUT2D eigenvalue weighted by Gasteiger charge is -2.35. The van der Waals surface area contributed by atoms with Crippen LogP contribution in [0, 0.1) is 6.92 Å². The number of nitrogens with zero attached hydrogens (tertiary/aromatic N) is 6. The molecular formula is C27H28N6O2. The Kier molecular flexibility index (Phi) is 5.56. The van der Waals surface area contributed by atoms with Crippen molar-refractivity contribution >= 4 is 28.4 Å². The molecule has 0 spiro atoms. The van der Waals surface area contributed by atoms with Crippen LogP contribution in [0.1, 0.15) is 29.0 Å². The topological polar surface area (TPSA) is 78.6 Å². The Morgan fingerprint density at radius 3 is 2.23 bits per heavy atom. The lowest BCUT2D eigenvalue weighted by atomic mass is 10.1. The summed E-state index contributed by atoms with van der Waals surface area (Å²) in [5, 5.41) is 5.03. The molecule has 6 rings (SSSR count). The van der Waals surface area contributed by atoms with Crippen LogP contribution in [-0.2, 0) is 0 Å². The third-order valence-corrected chi connectivity index (χ3v) is 6.89. The maximum atomic E-state index is 13.4. The molecule has 0 atom stereocenters. The van der Waals surface area contributed by atoms with E-state index >= 15 is 0 Å². The quantitative estimate of drug-likeness (QED) is 0.445. The molecule has 2 fully saturated rings. The molecule has 2 aromatic carbocycles. The molecule has 0 N–H and O–H groups in total. The highest BCUT2D eigenvalue weighted by atomic mass is 16.5. The predicted octanol–water partition coefficient (Wildman–Crippen LogP) is 4.16.